The van der Waals surface area contributed by atoms with E-state index in [1.165, 1.54) is 0 Å². The number of benzene rings is 1. The number of aliphatic hydroxyl groups excluding tert-OH is 1. The van der Waals surface area contributed by atoms with Gasteiger partial charge in [-0.1, -0.05) is 25.1 Å². The van der Waals surface area contributed by atoms with Crippen LogP contribution >= 0.6 is 0 Å². The van der Waals surface area contributed by atoms with Crippen molar-refractivity contribution >= 4 is 16.7 Å². The number of para-hydroxylation sites is 1. The van der Waals surface area contributed by atoms with Crippen LogP contribution in [0.2, 0.25) is 0 Å². The van der Waals surface area contributed by atoms with E-state index in [1.807, 2.05) is 24.3 Å². The molecule has 0 aliphatic carbocycles. The smallest absolute Gasteiger partial charge is 0.134 e. The number of hydrogen-bond donors (Lipinski definition) is 1. The number of aromatic nitrogens is 1. The van der Waals surface area contributed by atoms with Gasteiger partial charge in [0.2, 0.25) is 0 Å². The van der Waals surface area contributed by atoms with Crippen molar-refractivity contribution in [1.82, 2.24) is 9.88 Å². The summed E-state index contributed by atoms with van der Waals surface area (Å²) in [5.41, 5.74) is 1.92. The summed E-state index contributed by atoms with van der Waals surface area (Å²) in [6, 6.07) is 10.7. The van der Waals surface area contributed by atoms with Gasteiger partial charge in [0.05, 0.1) is 12.1 Å². The molecule has 112 valence electrons. The van der Waals surface area contributed by atoms with Crippen molar-refractivity contribution in [2.75, 3.05) is 31.1 Å². The molecular formula is C17H23N3O. The van der Waals surface area contributed by atoms with Crippen molar-refractivity contribution in [2.45, 2.75) is 26.5 Å². The highest BCUT2D eigenvalue weighted by Crippen LogP contribution is 2.25. The lowest BCUT2D eigenvalue weighted by atomic mass is 10.1. The summed E-state index contributed by atoms with van der Waals surface area (Å²) in [7, 11) is 0. The van der Waals surface area contributed by atoms with Crippen LogP contribution in [-0.4, -0.2) is 47.2 Å². The Hall–Kier alpha value is -1.65. The molecule has 0 radical (unpaired) electrons. The third kappa shape index (κ3) is 2.74. The normalized spacial score (nSPS) is 20.1. The van der Waals surface area contributed by atoms with Gasteiger partial charge in [0.1, 0.15) is 5.82 Å². The molecule has 1 fully saturated rings. The number of piperazine rings is 1. The molecule has 3 rings (SSSR count). The first-order valence-corrected chi connectivity index (χ1v) is 7.71. The Bertz CT molecular complexity index is 628. The predicted molar refractivity (Wildman–Crippen MR) is 86.6 cm³/mol. The molecule has 1 aliphatic rings. The van der Waals surface area contributed by atoms with E-state index in [0.717, 1.165) is 48.5 Å². The van der Waals surface area contributed by atoms with Gasteiger partial charge in [-0.25, -0.2) is 4.98 Å². The fourth-order valence-corrected chi connectivity index (χ4v) is 3.20. The lowest BCUT2D eigenvalue weighted by molar-refractivity contribution is 0.198. The van der Waals surface area contributed by atoms with Crippen LogP contribution in [0.4, 0.5) is 5.82 Å². The summed E-state index contributed by atoms with van der Waals surface area (Å²) in [5.74, 6) is 0.943. The molecule has 4 heteroatoms. The summed E-state index contributed by atoms with van der Waals surface area (Å²) >= 11 is 0. The first-order chi connectivity index (χ1) is 10.2. The van der Waals surface area contributed by atoms with Crippen molar-refractivity contribution in [3.8, 4) is 0 Å². The van der Waals surface area contributed by atoms with Gasteiger partial charge in [0, 0.05) is 36.6 Å². The third-order valence-corrected chi connectivity index (χ3v) is 4.42. The van der Waals surface area contributed by atoms with Gasteiger partial charge in [-0.15, -0.1) is 0 Å². The highest BCUT2D eigenvalue weighted by Gasteiger charge is 2.24. The number of aliphatic hydroxyl groups is 1. The number of rotatable bonds is 3. The summed E-state index contributed by atoms with van der Waals surface area (Å²) < 4.78 is 0. The number of anilines is 1. The van der Waals surface area contributed by atoms with E-state index in [1.54, 1.807) is 0 Å². The number of fused-ring (bicyclic) bond motifs is 1. The first kappa shape index (κ1) is 14.3. The summed E-state index contributed by atoms with van der Waals surface area (Å²) in [6.45, 7) is 8.58. The first-order valence-electron chi connectivity index (χ1n) is 7.71. The second kappa shape index (κ2) is 6.00. The minimum Gasteiger partial charge on any atom is -0.392 e. The molecule has 0 spiro atoms. The molecule has 21 heavy (non-hydrogen) atoms. The standard InChI is InChI=1S/C17H23N3O/c1-3-19-8-9-20(11-13(19)2)17-15(12-21)10-14-6-4-5-7-16(14)18-17/h4-7,10,13,21H,3,8-9,11-12H2,1-2H3. The maximum atomic E-state index is 9.70. The molecule has 0 bridgehead atoms. The predicted octanol–water partition coefficient (Wildman–Crippen LogP) is 2.26. The van der Waals surface area contributed by atoms with Crippen LogP contribution in [0.5, 0.6) is 0 Å². The molecule has 0 saturated carbocycles. The van der Waals surface area contributed by atoms with E-state index < -0.39 is 0 Å². The van der Waals surface area contributed by atoms with Gasteiger partial charge >= 0.3 is 0 Å². The molecule has 1 saturated heterocycles. The second-order valence-corrected chi connectivity index (χ2v) is 5.75. The molecular weight excluding hydrogens is 262 g/mol. The largest absolute Gasteiger partial charge is 0.392 e. The van der Waals surface area contributed by atoms with Gasteiger partial charge in [0.25, 0.3) is 0 Å². The van der Waals surface area contributed by atoms with E-state index in [2.05, 4.69) is 29.7 Å². The monoisotopic (exact) mass is 285 g/mol. The van der Waals surface area contributed by atoms with Crippen molar-refractivity contribution in [3.63, 3.8) is 0 Å². The quantitative estimate of drug-likeness (QED) is 0.939. The summed E-state index contributed by atoms with van der Waals surface area (Å²) in [6.07, 6.45) is 0. The van der Waals surface area contributed by atoms with Gasteiger partial charge in [-0.2, -0.15) is 0 Å². The van der Waals surface area contributed by atoms with Crippen LogP contribution in [0.3, 0.4) is 0 Å². The Labute approximate surface area is 126 Å². The van der Waals surface area contributed by atoms with Gasteiger partial charge in [-0.3, -0.25) is 4.90 Å². The topological polar surface area (TPSA) is 39.6 Å². The Morgan fingerprint density at radius 1 is 1.29 bits per heavy atom. The second-order valence-electron chi connectivity index (χ2n) is 5.75. The Kier molecular flexibility index (Phi) is 4.08. The van der Waals surface area contributed by atoms with Crippen LogP contribution in [0.25, 0.3) is 10.9 Å². The van der Waals surface area contributed by atoms with E-state index >= 15 is 0 Å². The fourth-order valence-electron chi connectivity index (χ4n) is 3.20. The SMILES string of the molecule is CCN1CCN(c2nc3ccccc3cc2CO)CC1C. The number of likely N-dealkylation sites (N-methyl/N-ethyl adjacent to an activating group) is 1. The Balaban J connectivity index is 1.96. The zero-order valence-corrected chi connectivity index (χ0v) is 12.8. The van der Waals surface area contributed by atoms with Gasteiger partial charge in [-0.05, 0) is 25.6 Å². The molecule has 1 aromatic carbocycles. The number of hydrogen-bond acceptors (Lipinski definition) is 4. The number of nitrogens with zero attached hydrogens (tertiary/aromatic N) is 3. The molecule has 1 atom stereocenters. The van der Waals surface area contributed by atoms with Crippen LogP contribution in [-0.2, 0) is 6.61 Å². The highest BCUT2D eigenvalue weighted by molar-refractivity contribution is 5.81. The van der Waals surface area contributed by atoms with E-state index in [-0.39, 0.29) is 6.61 Å². The average molecular weight is 285 g/mol. The maximum absolute atomic E-state index is 9.70. The highest BCUT2D eigenvalue weighted by atomic mass is 16.3. The van der Waals surface area contributed by atoms with E-state index in [0.29, 0.717) is 6.04 Å². The van der Waals surface area contributed by atoms with E-state index in [4.69, 9.17) is 4.98 Å². The maximum Gasteiger partial charge on any atom is 0.134 e. The van der Waals surface area contributed by atoms with Crippen LogP contribution in [0.15, 0.2) is 30.3 Å². The molecule has 4 nitrogen and oxygen atoms in total. The Morgan fingerprint density at radius 2 is 2.10 bits per heavy atom. The van der Waals surface area contributed by atoms with Gasteiger partial charge in [0.15, 0.2) is 0 Å². The number of pyridine rings is 1. The van der Waals surface area contributed by atoms with Crippen molar-refractivity contribution in [1.29, 1.82) is 0 Å². The fraction of sp³-hybridized carbons (Fsp3) is 0.471. The molecule has 1 aliphatic heterocycles. The lowest BCUT2D eigenvalue weighted by Gasteiger charge is -2.40. The minimum absolute atomic E-state index is 0.0372. The zero-order valence-electron chi connectivity index (χ0n) is 12.8. The lowest BCUT2D eigenvalue weighted by Crippen LogP contribution is -2.52. The molecule has 0 amide bonds. The summed E-state index contributed by atoms with van der Waals surface area (Å²) in [5, 5.41) is 10.8. The third-order valence-electron chi connectivity index (χ3n) is 4.42. The molecule has 1 N–H and O–H groups in total. The van der Waals surface area contributed by atoms with Crippen molar-refractivity contribution in [3.05, 3.63) is 35.9 Å². The molecule has 1 unspecified atom stereocenters. The zero-order chi connectivity index (χ0) is 14.8. The van der Waals surface area contributed by atoms with Crippen LogP contribution < -0.4 is 4.90 Å². The van der Waals surface area contributed by atoms with Crippen LogP contribution in [0.1, 0.15) is 19.4 Å². The molecule has 2 heterocycles. The van der Waals surface area contributed by atoms with E-state index in [9.17, 15) is 5.11 Å². The molecule has 2 aromatic rings. The van der Waals surface area contributed by atoms with Crippen LogP contribution in [0, 0.1) is 0 Å². The van der Waals surface area contributed by atoms with Crippen molar-refractivity contribution in [2.24, 2.45) is 0 Å². The minimum atomic E-state index is 0.0372. The Morgan fingerprint density at radius 3 is 2.81 bits per heavy atom. The molecule has 1 aromatic heterocycles. The summed E-state index contributed by atoms with van der Waals surface area (Å²) in [4.78, 5) is 9.60. The average Bonchev–Trinajstić information content (AvgIpc) is 2.53. The van der Waals surface area contributed by atoms with Crippen molar-refractivity contribution < 1.29 is 5.11 Å². The van der Waals surface area contributed by atoms with Gasteiger partial charge < -0.3 is 10.0 Å².